The van der Waals surface area contributed by atoms with Gasteiger partial charge in [0.1, 0.15) is 11.8 Å². The number of phenolic OH excluding ortho intramolecular Hbond substituents is 1. The van der Waals surface area contributed by atoms with Gasteiger partial charge >= 0.3 is 5.97 Å². The molecular formula is C19H21NO4. The van der Waals surface area contributed by atoms with Crippen LogP contribution in [-0.4, -0.2) is 30.1 Å². The number of carbonyl (C=O) groups excluding carboxylic acids is 2. The molecule has 2 N–H and O–H groups in total. The maximum Gasteiger partial charge on any atom is 0.328 e. The first-order valence-electron chi connectivity index (χ1n) is 7.82. The number of rotatable bonds is 7. The molecule has 2 aromatic carbocycles. The summed E-state index contributed by atoms with van der Waals surface area (Å²) in [6, 6.07) is 15.2. The van der Waals surface area contributed by atoms with Gasteiger partial charge in [0.15, 0.2) is 0 Å². The minimum Gasteiger partial charge on any atom is -0.508 e. The number of hydrogen-bond donors (Lipinski definition) is 2. The number of hydrogen-bond acceptors (Lipinski definition) is 4. The molecule has 0 unspecified atom stereocenters. The summed E-state index contributed by atoms with van der Waals surface area (Å²) in [4.78, 5) is 24.1. The molecule has 0 saturated carbocycles. The predicted molar refractivity (Wildman–Crippen MR) is 90.8 cm³/mol. The van der Waals surface area contributed by atoms with Crippen LogP contribution in [0.1, 0.15) is 28.8 Å². The number of benzene rings is 2. The molecule has 2 aromatic rings. The van der Waals surface area contributed by atoms with Crippen LogP contribution >= 0.6 is 0 Å². The summed E-state index contributed by atoms with van der Waals surface area (Å²) in [6.07, 6.45) is 2.03. The molecule has 5 heteroatoms. The Morgan fingerprint density at radius 2 is 1.88 bits per heavy atom. The maximum absolute atomic E-state index is 12.2. The first kappa shape index (κ1) is 17.5. The highest BCUT2D eigenvalue weighted by Gasteiger charge is 2.21. The van der Waals surface area contributed by atoms with E-state index in [1.807, 2.05) is 30.3 Å². The summed E-state index contributed by atoms with van der Waals surface area (Å²) in [5, 5.41) is 12.1. The molecule has 0 heterocycles. The van der Waals surface area contributed by atoms with E-state index in [1.54, 1.807) is 12.1 Å². The second-order valence-electron chi connectivity index (χ2n) is 5.48. The molecule has 0 radical (unpaired) electrons. The maximum atomic E-state index is 12.2. The van der Waals surface area contributed by atoms with Crippen LogP contribution in [0.4, 0.5) is 0 Å². The van der Waals surface area contributed by atoms with Crippen molar-refractivity contribution in [1.29, 1.82) is 0 Å². The molecule has 126 valence electrons. The lowest BCUT2D eigenvalue weighted by molar-refractivity contribution is -0.143. The molecule has 0 spiro atoms. The van der Waals surface area contributed by atoms with Crippen molar-refractivity contribution in [3.8, 4) is 5.75 Å². The average molecular weight is 327 g/mol. The van der Waals surface area contributed by atoms with Crippen LogP contribution in [0.3, 0.4) is 0 Å². The highest BCUT2D eigenvalue weighted by Crippen LogP contribution is 2.12. The van der Waals surface area contributed by atoms with Crippen molar-refractivity contribution in [2.75, 3.05) is 7.11 Å². The Hall–Kier alpha value is -2.82. The molecule has 0 fully saturated rings. The number of carbonyl (C=O) groups is 2. The van der Waals surface area contributed by atoms with Gasteiger partial charge in [0, 0.05) is 5.56 Å². The number of aryl methyl sites for hydroxylation is 1. The fraction of sp³-hybridized carbons (Fsp3) is 0.263. The SMILES string of the molecule is COC(=O)[C@H](CCCc1ccccc1)NC(=O)c1cccc(O)c1. The Morgan fingerprint density at radius 1 is 1.12 bits per heavy atom. The Morgan fingerprint density at radius 3 is 2.54 bits per heavy atom. The number of aromatic hydroxyl groups is 1. The van der Waals surface area contributed by atoms with Gasteiger partial charge in [-0.05, 0) is 43.0 Å². The van der Waals surface area contributed by atoms with Crippen molar-refractivity contribution < 1.29 is 19.4 Å². The second-order valence-corrected chi connectivity index (χ2v) is 5.48. The zero-order valence-electron chi connectivity index (χ0n) is 13.6. The van der Waals surface area contributed by atoms with Crippen LogP contribution in [0, 0.1) is 0 Å². The first-order valence-corrected chi connectivity index (χ1v) is 7.82. The van der Waals surface area contributed by atoms with E-state index in [1.165, 1.54) is 24.8 Å². The molecule has 0 aliphatic rings. The van der Waals surface area contributed by atoms with Crippen molar-refractivity contribution in [3.05, 3.63) is 65.7 Å². The number of ether oxygens (including phenoxy) is 1. The van der Waals surface area contributed by atoms with E-state index in [0.717, 1.165) is 12.8 Å². The van der Waals surface area contributed by atoms with Gasteiger partial charge in [-0.25, -0.2) is 4.79 Å². The van der Waals surface area contributed by atoms with Crippen LogP contribution in [0.5, 0.6) is 5.75 Å². The Labute approximate surface area is 141 Å². The molecule has 24 heavy (non-hydrogen) atoms. The van der Waals surface area contributed by atoms with E-state index >= 15 is 0 Å². The third-order valence-corrected chi connectivity index (χ3v) is 3.70. The van der Waals surface area contributed by atoms with Crippen LogP contribution in [0.25, 0.3) is 0 Å². The average Bonchev–Trinajstić information content (AvgIpc) is 2.61. The highest BCUT2D eigenvalue weighted by atomic mass is 16.5. The predicted octanol–water partition coefficient (Wildman–Crippen LogP) is 2.69. The lowest BCUT2D eigenvalue weighted by Crippen LogP contribution is -2.41. The zero-order chi connectivity index (χ0) is 17.4. The van der Waals surface area contributed by atoms with E-state index in [9.17, 15) is 14.7 Å². The monoisotopic (exact) mass is 327 g/mol. The lowest BCUT2D eigenvalue weighted by Gasteiger charge is -2.16. The Bertz CT molecular complexity index is 685. The van der Waals surface area contributed by atoms with Gasteiger partial charge < -0.3 is 15.2 Å². The summed E-state index contributed by atoms with van der Waals surface area (Å²) in [5.41, 5.74) is 1.48. The Balaban J connectivity index is 1.95. The molecule has 0 bridgehead atoms. The lowest BCUT2D eigenvalue weighted by atomic mass is 10.0. The molecule has 0 aliphatic heterocycles. The number of esters is 1. The fourth-order valence-electron chi connectivity index (χ4n) is 2.43. The minimum atomic E-state index is -0.714. The number of amides is 1. The summed E-state index contributed by atoms with van der Waals surface area (Å²) in [6.45, 7) is 0. The third-order valence-electron chi connectivity index (χ3n) is 3.70. The molecular weight excluding hydrogens is 306 g/mol. The number of nitrogens with one attached hydrogen (secondary N) is 1. The zero-order valence-corrected chi connectivity index (χ0v) is 13.6. The van der Waals surface area contributed by atoms with Gasteiger partial charge in [0.25, 0.3) is 5.91 Å². The molecule has 0 saturated heterocycles. The second kappa shape index (κ2) is 8.72. The van der Waals surface area contributed by atoms with Gasteiger partial charge in [-0.2, -0.15) is 0 Å². The van der Waals surface area contributed by atoms with E-state index in [2.05, 4.69) is 5.32 Å². The topological polar surface area (TPSA) is 75.6 Å². The summed E-state index contributed by atoms with van der Waals surface area (Å²) in [7, 11) is 1.30. The fourth-order valence-corrected chi connectivity index (χ4v) is 2.43. The van der Waals surface area contributed by atoms with Gasteiger partial charge in [0.2, 0.25) is 0 Å². The normalized spacial score (nSPS) is 11.5. The van der Waals surface area contributed by atoms with Crippen molar-refractivity contribution in [2.24, 2.45) is 0 Å². The quantitative estimate of drug-likeness (QED) is 0.767. The van der Waals surface area contributed by atoms with E-state index in [4.69, 9.17) is 4.74 Å². The van der Waals surface area contributed by atoms with Gasteiger partial charge in [-0.15, -0.1) is 0 Å². The Kier molecular flexibility index (Phi) is 6.37. The standard InChI is InChI=1S/C19H21NO4/c1-24-19(23)17(12-5-9-14-7-3-2-4-8-14)20-18(22)15-10-6-11-16(21)13-15/h2-4,6-8,10-11,13,17,21H,5,9,12H2,1H3,(H,20,22)/t17-/m0/s1. The molecule has 0 aromatic heterocycles. The van der Waals surface area contributed by atoms with Crippen LogP contribution in [0.15, 0.2) is 54.6 Å². The summed E-state index contributed by atoms with van der Waals surface area (Å²) < 4.78 is 4.77. The summed E-state index contributed by atoms with van der Waals surface area (Å²) in [5.74, 6) is -0.890. The molecule has 5 nitrogen and oxygen atoms in total. The van der Waals surface area contributed by atoms with E-state index in [-0.39, 0.29) is 5.75 Å². The molecule has 1 atom stereocenters. The number of phenols is 1. The van der Waals surface area contributed by atoms with Gasteiger partial charge in [-0.3, -0.25) is 4.79 Å². The highest BCUT2D eigenvalue weighted by molar-refractivity contribution is 5.97. The number of methoxy groups -OCH3 is 1. The van der Waals surface area contributed by atoms with E-state index < -0.39 is 17.9 Å². The van der Waals surface area contributed by atoms with Crippen molar-refractivity contribution >= 4 is 11.9 Å². The van der Waals surface area contributed by atoms with Gasteiger partial charge in [-0.1, -0.05) is 36.4 Å². The van der Waals surface area contributed by atoms with Crippen LogP contribution in [-0.2, 0) is 16.0 Å². The molecule has 0 aliphatic carbocycles. The van der Waals surface area contributed by atoms with Crippen LogP contribution < -0.4 is 5.32 Å². The molecule has 1 amide bonds. The third kappa shape index (κ3) is 5.12. The summed E-state index contributed by atoms with van der Waals surface area (Å²) >= 11 is 0. The first-order chi connectivity index (χ1) is 11.6. The van der Waals surface area contributed by atoms with Gasteiger partial charge in [0.05, 0.1) is 7.11 Å². The van der Waals surface area contributed by atoms with Crippen LogP contribution in [0.2, 0.25) is 0 Å². The smallest absolute Gasteiger partial charge is 0.328 e. The molecule has 2 rings (SSSR count). The van der Waals surface area contributed by atoms with Crippen molar-refractivity contribution in [2.45, 2.75) is 25.3 Å². The van der Waals surface area contributed by atoms with E-state index in [0.29, 0.717) is 12.0 Å². The van der Waals surface area contributed by atoms with Crippen molar-refractivity contribution in [1.82, 2.24) is 5.32 Å². The largest absolute Gasteiger partial charge is 0.508 e. The van der Waals surface area contributed by atoms with Crippen molar-refractivity contribution in [3.63, 3.8) is 0 Å². The minimum absolute atomic E-state index is 0.00125.